The first-order valence-electron chi connectivity index (χ1n) is 10.7. The molecule has 0 saturated heterocycles. The number of carbonyl (C=O) groups excluding carboxylic acids is 1. The number of allylic oxidation sites excluding steroid dienone is 1. The van der Waals surface area contributed by atoms with Gasteiger partial charge in [0.15, 0.2) is 0 Å². The number of halogens is 2. The lowest BCUT2D eigenvalue weighted by Gasteiger charge is -2.18. The molecule has 0 saturated carbocycles. The molecule has 0 fully saturated rings. The molecule has 7 heteroatoms. The van der Waals surface area contributed by atoms with Gasteiger partial charge in [0.2, 0.25) is 0 Å². The van der Waals surface area contributed by atoms with E-state index in [0.29, 0.717) is 11.4 Å². The number of benzene rings is 3. The molecule has 1 heterocycles. The van der Waals surface area contributed by atoms with Gasteiger partial charge in [-0.25, -0.2) is 9.87 Å². The van der Waals surface area contributed by atoms with E-state index in [4.69, 9.17) is 11.6 Å². The van der Waals surface area contributed by atoms with Crippen LogP contribution in [0.1, 0.15) is 35.6 Å². The number of H-pyrrole nitrogens is 1. The van der Waals surface area contributed by atoms with Crippen molar-refractivity contribution in [2.24, 2.45) is 0 Å². The van der Waals surface area contributed by atoms with Gasteiger partial charge in [0, 0.05) is 11.5 Å². The third-order valence-corrected chi connectivity index (χ3v) is 5.78. The van der Waals surface area contributed by atoms with Crippen LogP contribution in [0, 0.1) is 5.82 Å². The number of aromatic amines is 1. The number of amides is 1. The van der Waals surface area contributed by atoms with E-state index in [9.17, 15) is 9.18 Å². The minimum Gasteiger partial charge on any atom is -0.278 e. The predicted molar refractivity (Wildman–Crippen MR) is 134 cm³/mol. The first kappa shape index (κ1) is 23.4. The van der Waals surface area contributed by atoms with Gasteiger partial charge in [-0.3, -0.25) is 14.7 Å². The molecule has 1 aromatic heterocycles. The molecule has 34 heavy (non-hydrogen) atoms. The van der Waals surface area contributed by atoms with Gasteiger partial charge in [0.1, 0.15) is 5.82 Å². The number of hydroxylamine groups is 1. The third kappa shape index (κ3) is 5.09. The smallest absolute Gasteiger partial charge is 0.267 e. The maximum absolute atomic E-state index is 13.8. The van der Waals surface area contributed by atoms with E-state index in [1.807, 2.05) is 36.4 Å². The van der Waals surface area contributed by atoms with Crippen LogP contribution in [0.5, 0.6) is 0 Å². The van der Waals surface area contributed by atoms with Gasteiger partial charge in [-0.1, -0.05) is 54.9 Å². The lowest BCUT2D eigenvalue weighted by molar-refractivity contribution is -0.126. The van der Waals surface area contributed by atoms with Crippen LogP contribution in [0.2, 0.25) is 5.02 Å². The lowest BCUT2D eigenvalue weighted by atomic mass is 9.87. The van der Waals surface area contributed by atoms with Crippen molar-refractivity contribution in [2.45, 2.75) is 13.3 Å². The molecule has 0 spiro atoms. The van der Waals surface area contributed by atoms with Crippen molar-refractivity contribution in [3.8, 4) is 0 Å². The molecule has 172 valence electrons. The van der Waals surface area contributed by atoms with Gasteiger partial charge < -0.3 is 0 Å². The fourth-order valence-electron chi connectivity index (χ4n) is 3.92. The average molecular weight is 476 g/mol. The Bertz CT molecular complexity index is 1390. The Labute approximate surface area is 201 Å². The molecule has 0 bridgehead atoms. The van der Waals surface area contributed by atoms with Crippen LogP contribution >= 0.6 is 11.6 Å². The van der Waals surface area contributed by atoms with E-state index in [2.05, 4.69) is 33.5 Å². The molecule has 0 atom stereocenters. The summed E-state index contributed by atoms with van der Waals surface area (Å²) in [4.78, 5) is 16.2. The monoisotopic (exact) mass is 475 g/mol. The van der Waals surface area contributed by atoms with Crippen molar-refractivity contribution in [2.75, 3.05) is 7.11 Å². The summed E-state index contributed by atoms with van der Waals surface area (Å²) in [6.45, 7) is 2.05. The zero-order valence-corrected chi connectivity index (χ0v) is 19.5. The minimum absolute atomic E-state index is 0.347. The number of hydrogen-bond donors (Lipinski definition) is 2. The summed E-state index contributed by atoms with van der Waals surface area (Å²) in [6, 6.07) is 18.4. The standard InChI is InChI=1S/C27H23ClFN3O2/c1-3-22(23-11-10-21(29)15-24(23)28)27(19-9-12-25-20(14-19)16-30-31-25)18-7-4-17(5-8-18)6-13-26(33)32-34-2/h4-16H,3H2,1-2H3,(H,30,31)(H,32,33). The Hall–Kier alpha value is -3.74. The Morgan fingerprint density at radius 3 is 2.59 bits per heavy atom. The number of fused-ring (bicyclic) bond motifs is 1. The van der Waals surface area contributed by atoms with Crippen LogP contribution in [-0.4, -0.2) is 23.2 Å². The summed E-state index contributed by atoms with van der Waals surface area (Å²) in [6.07, 6.45) is 5.57. The molecule has 5 nitrogen and oxygen atoms in total. The van der Waals surface area contributed by atoms with Crippen LogP contribution in [-0.2, 0) is 9.63 Å². The summed E-state index contributed by atoms with van der Waals surface area (Å²) in [5, 5.41) is 8.45. The number of carbonyl (C=O) groups is 1. The number of nitrogens with one attached hydrogen (secondary N) is 2. The highest BCUT2D eigenvalue weighted by atomic mass is 35.5. The molecule has 2 N–H and O–H groups in total. The van der Waals surface area contributed by atoms with Crippen LogP contribution in [0.25, 0.3) is 28.1 Å². The Morgan fingerprint density at radius 1 is 1.12 bits per heavy atom. The summed E-state index contributed by atoms with van der Waals surface area (Å²) < 4.78 is 13.8. The highest BCUT2D eigenvalue weighted by Gasteiger charge is 2.16. The van der Waals surface area contributed by atoms with Crippen molar-refractivity contribution in [3.63, 3.8) is 0 Å². The third-order valence-electron chi connectivity index (χ3n) is 5.47. The highest BCUT2D eigenvalue weighted by Crippen LogP contribution is 2.38. The second-order valence-electron chi connectivity index (χ2n) is 7.63. The average Bonchev–Trinajstić information content (AvgIpc) is 3.30. The summed E-state index contributed by atoms with van der Waals surface area (Å²) in [7, 11) is 1.38. The molecule has 0 radical (unpaired) electrons. The molecular weight excluding hydrogens is 453 g/mol. The number of nitrogens with zero attached hydrogens (tertiary/aromatic N) is 1. The second kappa shape index (κ2) is 10.5. The van der Waals surface area contributed by atoms with Gasteiger partial charge in [-0.15, -0.1) is 0 Å². The van der Waals surface area contributed by atoms with E-state index in [0.717, 1.165) is 44.3 Å². The molecule has 0 aliphatic carbocycles. The van der Waals surface area contributed by atoms with Gasteiger partial charge >= 0.3 is 0 Å². The number of aromatic nitrogens is 2. The first-order chi connectivity index (χ1) is 16.5. The van der Waals surface area contributed by atoms with E-state index in [-0.39, 0.29) is 11.7 Å². The molecule has 0 aliphatic heterocycles. The quantitative estimate of drug-likeness (QED) is 0.184. The number of hydrogen-bond acceptors (Lipinski definition) is 3. The first-order valence-corrected chi connectivity index (χ1v) is 11.1. The van der Waals surface area contributed by atoms with Crippen molar-refractivity contribution in [3.05, 3.63) is 106 Å². The van der Waals surface area contributed by atoms with E-state index in [1.54, 1.807) is 18.3 Å². The Morgan fingerprint density at radius 2 is 1.88 bits per heavy atom. The largest absolute Gasteiger partial charge is 0.278 e. The summed E-state index contributed by atoms with van der Waals surface area (Å²) in [5.41, 5.74) is 8.79. The Kier molecular flexibility index (Phi) is 7.21. The molecule has 4 rings (SSSR count). The second-order valence-corrected chi connectivity index (χ2v) is 8.04. The maximum atomic E-state index is 13.8. The van der Waals surface area contributed by atoms with E-state index < -0.39 is 0 Å². The molecule has 4 aromatic rings. The summed E-state index contributed by atoms with van der Waals surface area (Å²) >= 11 is 6.48. The van der Waals surface area contributed by atoms with Gasteiger partial charge in [-0.2, -0.15) is 5.10 Å². The maximum Gasteiger partial charge on any atom is 0.267 e. The SMILES string of the molecule is CCC(=C(c1ccc(C=CC(=O)NOC)cc1)c1ccc2[nH]ncc2c1)c1ccc(F)cc1Cl. The Balaban J connectivity index is 1.85. The molecular formula is C27H23ClFN3O2. The van der Waals surface area contributed by atoms with Crippen LogP contribution < -0.4 is 5.48 Å². The minimum atomic E-state index is -0.376. The highest BCUT2D eigenvalue weighted by molar-refractivity contribution is 6.32. The molecule has 1 amide bonds. The molecule has 0 aliphatic rings. The zero-order chi connectivity index (χ0) is 24.1. The van der Waals surface area contributed by atoms with Crippen molar-refractivity contribution in [1.29, 1.82) is 0 Å². The number of rotatable bonds is 7. The van der Waals surface area contributed by atoms with Crippen LogP contribution in [0.15, 0.2) is 72.9 Å². The van der Waals surface area contributed by atoms with Gasteiger partial charge in [0.25, 0.3) is 5.91 Å². The van der Waals surface area contributed by atoms with Crippen molar-refractivity contribution < 1.29 is 14.0 Å². The van der Waals surface area contributed by atoms with Crippen LogP contribution in [0.3, 0.4) is 0 Å². The topological polar surface area (TPSA) is 67.0 Å². The van der Waals surface area contributed by atoms with Crippen LogP contribution in [0.4, 0.5) is 4.39 Å². The van der Waals surface area contributed by atoms with Gasteiger partial charge in [-0.05, 0) is 70.2 Å². The van der Waals surface area contributed by atoms with Crippen molar-refractivity contribution in [1.82, 2.24) is 15.7 Å². The van der Waals surface area contributed by atoms with Crippen molar-refractivity contribution >= 4 is 45.6 Å². The van der Waals surface area contributed by atoms with Gasteiger partial charge in [0.05, 0.1) is 23.8 Å². The fourth-order valence-corrected chi connectivity index (χ4v) is 4.20. The molecule has 3 aromatic carbocycles. The predicted octanol–water partition coefficient (Wildman–Crippen LogP) is 6.42. The van der Waals surface area contributed by atoms with E-state index >= 15 is 0 Å². The normalized spacial score (nSPS) is 12.2. The zero-order valence-electron chi connectivity index (χ0n) is 18.7. The fraction of sp³-hybridized carbons (Fsp3) is 0.111. The summed E-state index contributed by atoms with van der Waals surface area (Å²) in [5.74, 6) is -0.723. The van der Waals surface area contributed by atoms with E-state index in [1.165, 1.54) is 25.3 Å². The lowest BCUT2D eigenvalue weighted by Crippen LogP contribution is -2.18. The molecule has 0 unspecified atom stereocenters.